The van der Waals surface area contributed by atoms with Crippen LogP contribution in [0.1, 0.15) is 17.2 Å². The summed E-state index contributed by atoms with van der Waals surface area (Å²) in [4.78, 5) is 1.28. The van der Waals surface area contributed by atoms with Crippen LogP contribution in [0.4, 0.5) is 0 Å². The lowest BCUT2D eigenvalue weighted by Gasteiger charge is -2.13. The Balaban J connectivity index is 1.68. The van der Waals surface area contributed by atoms with Gasteiger partial charge in [0, 0.05) is 17.9 Å². The molecule has 1 atom stereocenters. The fraction of sp³-hybridized carbons (Fsp3) is 0.294. The van der Waals surface area contributed by atoms with Crippen LogP contribution in [-0.2, 0) is 16.4 Å². The first kappa shape index (κ1) is 17.3. The van der Waals surface area contributed by atoms with Gasteiger partial charge < -0.3 is 9.84 Å². The molecular weight excluding hydrogens is 346 g/mol. The van der Waals surface area contributed by atoms with E-state index >= 15 is 0 Å². The van der Waals surface area contributed by atoms with E-state index in [-0.39, 0.29) is 11.4 Å². The van der Waals surface area contributed by atoms with Gasteiger partial charge in [-0.3, -0.25) is 0 Å². The Hall–Kier alpha value is -1.54. The summed E-state index contributed by atoms with van der Waals surface area (Å²) in [7, 11) is -3.67. The van der Waals surface area contributed by atoms with Gasteiger partial charge in [0.1, 0.15) is 5.75 Å². The average Bonchev–Trinajstić information content (AvgIpc) is 3.07. The van der Waals surface area contributed by atoms with Crippen LogP contribution in [0.3, 0.4) is 0 Å². The fourth-order valence-corrected chi connectivity index (χ4v) is 4.04. The van der Waals surface area contributed by atoms with Crippen LogP contribution < -0.4 is 9.46 Å². The summed E-state index contributed by atoms with van der Waals surface area (Å²) in [5.74, 6) is 0.739. The molecule has 5 nitrogen and oxygen atoms in total. The molecule has 1 unspecified atom stereocenters. The molecule has 2 aromatic carbocycles. The van der Waals surface area contributed by atoms with Crippen LogP contribution in [0.25, 0.3) is 0 Å². The second-order valence-electron chi connectivity index (χ2n) is 5.51. The molecule has 0 radical (unpaired) electrons. The van der Waals surface area contributed by atoms with Crippen molar-refractivity contribution in [1.82, 2.24) is 4.72 Å². The maximum absolute atomic E-state index is 12.4. The third-order valence-electron chi connectivity index (χ3n) is 3.94. The summed E-state index contributed by atoms with van der Waals surface area (Å²) in [5, 5.41) is 10.2. The largest absolute Gasteiger partial charge is 0.493 e. The topological polar surface area (TPSA) is 75.6 Å². The molecule has 1 aliphatic rings. The number of benzene rings is 2. The molecule has 0 saturated heterocycles. The second-order valence-corrected chi connectivity index (χ2v) is 8.16. The van der Waals surface area contributed by atoms with Crippen molar-refractivity contribution in [2.75, 3.05) is 19.4 Å². The molecule has 0 saturated carbocycles. The number of hydrogen-bond acceptors (Lipinski definition) is 5. The molecule has 128 valence electrons. The lowest BCUT2D eigenvalue weighted by atomic mass is 10.1. The van der Waals surface area contributed by atoms with Gasteiger partial charge in [-0.15, -0.1) is 11.8 Å². The predicted molar refractivity (Wildman–Crippen MR) is 94.0 cm³/mol. The molecular formula is C17H19NO4S2. The van der Waals surface area contributed by atoms with E-state index in [1.807, 2.05) is 18.4 Å². The first-order valence-electron chi connectivity index (χ1n) is 7.57. The van der Waals surface area contributed by atoms with Gasteiger partial charge in [-0.2, -0.15) is 0 Å². The summed E-state index contributed by atoms with van der Waals surface area (Å²) < 4.78 is 32.7. The summed E-state index contributed by atoms with van der Waals surface area (Å²) >= 11 is 1.61. The standard InChI is InChI=1S/C17H19NO4S2/c1-23-14-4-2-12(3-5-14)16(19)11-18-24(20,21)15-6-7-17-13(10-15)8-9-22-17/h2-7,10,16,18-19H,8-9,11H2,1H3. The molecule has 0 fully saturated rings. The van der Waals surface area contributed by atoms with Gasteiger partial charge in [0.25, 0.3) is 0 Å². The minimum absolute atomic E-state index is 0.0749. The normalized spacial score (nSPS) is 14.9. The van der Waals surface area contributed by atoms with Crippen LogP contribution in [0, 0.1) is 0 Å². The molecule has 0 amide bonds. The third-order valence-corrected chi connectivity index (χ3v) is 6.10. The molecule has 3 rings (SSSR count). The zero-order valence-electron chi connectivity index (χ0n) is 13.2. The van der Waals surface area contributed by atoms with Crippen molar-refractivity contribution in [1.29, 1.82) is 0 Å². The highest BCUT2D eigenvalue weighted by Crippen LogP contribution is 2.27. The van der Waals surface area contributed by atoms with Crippen LogP contribution in [0.5, 0.6) is 5.75 Å². The van der Waals surface area contributed by atoms with E-state index in [1.165, 1.54) is 6.07 Å². The van der Waals surface area contributed by atoms with Gasteiger partial charge in [-0.25, -0.2) is 13.1 Å². The summed E-state index contributed by atoms with van der Waals surface area (Å²) in [6, 6.07) is 12.2. The van der Waals surface area contributed by atoms with Gasteiger partial charge >= 0.3 is 0 Å². The molecule has 1 heterocycles. The smallest absolute Gasteiger partial charge is 0.240 e. The van der Waals surface area contributed by atoms with E-state index < -0.39 is 16.1 Å². The van der Waals surface area contributed by atoms with Gasteiger partial charge in [0.05, 0.1) is 17.6 Å². The molecule has 7 heteroatoms. The lowest BCUT2D eigenvalue weighted by molar-refractivity contribution is 0.182. The molecule has 0 aromatic heterocycles. The Morgan fingerprint density at radius 3 is 2.71 bits per heavy atom. The first-order valence-corrected chi connectivity index (χ1v) is 10.3. The third kappa shape index (κ3) is 3.75. The zero-order valence-corrected chi connectivity index (χ0v) is 14.9. The van der Waals surface area contributed by atoms with Crippen LogP contribution in [0.2, 0.25) is 0 Å². The van der Waals surface area contributed by atoms with E-state index in [1.54, 1.807) is 36.0 Å². The quantitative estimate of drug-likeness (QED) is 0.769. The summed E-state index contributed by atoms with van der Waals surface area (Å²) in [6.45, 7) is 0.506. The van der Waals surface area contributed by atoms with Gasteiger partial charge in [-0.05, 0) is 47.7 Å². The number of aliphatic hydroxyl groups is 1. The van der Waals surface area contributed by atoms with E-state index in [0.29, 0.717) is 18.6 Å². The number of thioether (sulfide) groups is 1. The molecule has 2 aromatic rings. The van der Waals surface area contributed by atoms with E-state index in [2.05, 4.69) is 4.72 Å². The maximum Gasteiger partial charge on any atom is 0.240 e. The number of ether oxygens (including phenoxy) is 1. The van der Waals surface area contributed by atoms with Gasteiger partial charge in [-0.1, -0.05) is 12.1 Å². The molecule has 1 aliphatic heterocycles. The van der Waals surface area contributed by atoms with Crippen molar-refractivity contribution < 1.29 is 18.3 Å². The number of nitrogens with one attached hydrogen (secondary N) is 1. The molecule has 0 spiro atoms. The van der Waals surface area contributed by atoms with E-state index in [4.69, 9.17) is 4.74 Å². The summed E-state index contributed by atoms with van der Waals surface area (Å²) in [6.07, 6.45) is 1.79. The van der Waals surface area contributed by atoms with Crippen molar-refractivity contribution >= 4 is 21.8 Å². The molecule has 2 N–H and O–H groups in total. The monoisotopic (exact) mass is 365 g/mol. The number of sulfonamides is 1. The minimum Gasteiger partial charge on any atom is -0.493 e. The number of hydrogen-bond donors (Lipinski definition) is 2. The highest BCUT2D eigenvalue weighted by Gasteiger charge is 2.20. The molecule has 0 bridgehead atoms. The Morgan fingerprint density at radius 2 is 2.00 bits per heavy atom. The zero-order chi connectivity index (χ0) is 17.2. The van der Waals surface area contributed by atoms with E-state index in [0.717, 1.165) is 16.2 Å². The highest BCUT2D eigenvalue weighted by molar-refractivity contribution is 7.98. The van der Waals surface area contributed by atoms with Crippen molar-refractivity contribution in [3.63, 3.8) is 0 Å². The first-order chi connectivity index (χ1) is 11.5. The van der Waals surface area contributed by atoms with Gasteiger partial charge in [0.2, 0.25) is 10.0 Å². The number of rotatable bonds is 6. The van der Waals surface area contributed by atoms with Gasteiger partial charge in [0.15, 0.2) is 0 Å². The van der Waals surface area contributed by atoms with Crippen LogP contribution >= 0.6 is 11.8 Å². The molecule has 0 aliphatic carbocycles. The Morgan fingerprint density at radius 1 is 1.25 bits per heavy atom. The Labute approximate surface area is 146 Å². The SMILES string of the molecule is CSc1ccc(C(O)CNS(=O)(=O)c2ccc3c(c2)CCO3)cc1. The fourth-order valence-electron chi connectivity index (χ4n) is 2.55. The van der Waals surface area contributed by atoms with Crippen molar-refractivity contribution in [2.45, 2.75) is 22.3 Å². The summed E-state index contributed by atoms with van der Waals surface area (Å²) in [5.41, 5.74) is 1.57. The van der Waals surface area contributed by atoms with E-state index in [9.17, 15) is 13.5 Å². The van der Waals surface area contributed by atoms with Crippen molar-refractivity contribution in [3.8, 4) is 5.75 Å². The maximum atomic E-state index is 12.4. The Kier molecular flexibility index (Phi) is 5.15. The minimum atomic E-state index is -3.67. The van der Waals surface area contributed by atoms with Crippen LogP contribution in [0.15, 0.2) is 52.3 Å². The lowest BCUT2D eigenvalue weighted by Crippen LogP contribution is -2.28. The number of aliphatic hydroxyl groups excluding tert-OH is 1. The second kappa shape index (κ2) is 7.14. The van der Waals surface area contributed by atoms with Crippen molar-refractivity contribution in [2.24, 2.45) is 0 Å². The highest BCUT2D eigenvalue weighted by atomic mass is 32.2. The van der Waals surface area contributed by atoms with Crippen LogP contribution in [-0.4, -0.2) is 32.9 Å². The molecule has 24 heavy (non-hydrogen) atoms. The predicted octanol–water partition coefficient (Wildman–Crippen LogP) is 2.36. The average molecular weight is 365 g/mol. The Bertz CT molecular complexity index is 819. The van der Waals surface area contributed by atoms with Crippen molar-refractivity contribution in [3.05, 3.63) is 53.6 Å². The number of fused-ring (bicyclic) bond motifs is 1.